The van der Waals surface area contributed by atoms with Crippen LogP contribution in [0.5, 0.6) is 0 Å². The molecule has 1 aliphatic carbocycles. The van der Waals surface area contributed by atoms with E-state index in [2.05, 4.69) is 46.2 Å². The Kier molecular flexibility index (Phi) is 4.43. The monoisotopic (exact) mass is 287 g/mol. The predicted octanol–water partition coefficient (Wildman–Crippen LogP) is 3.01. The van der Waals surface area contributed by atoms with Crippen molar-refractivity contribution in [1.29, 1.82) is 0 Å². The number of benzene rings is 1. The van der Waals surface area contributed by atoms with Gasteiger partial charge in [-0.15, -0.1) is 11.8 Å². The third kappa shape index (κ3) is 3.87. The molecule has 1 heterocycles. The minimum absolute atomic E-state index is 0.773. The van der Waals surface area contributed by atoms with Gasteiger partial charge in [-0.1, -0.05) is 12.1 Å². The van der Waals surface area contributed by atoms with E-state index in [1.165, 1.54) is 23.3 Å². The Balaban J connectivity index is 1.49. The van der Waals surface area contributed by atoms with E-state index < -0.39 is 0 Å². The molecule has 1 saturated carbocycles. The van der Waals surface area contributed by atoms with Crippen molar-refractivity contribution in [2.75, 3.05) is 5.75 Å². The van der Waals surface area contributed by atoms with Crippen molar-refractivity contribution in [3.63, 3.8) is 0 Å². The number of imidazole rings is 1. The van der Waals surface area contributed by atoms with Gasteiger partial charge in [0, 0.05) is 49.1 Å². The summed E-state index contributed by atoms with van der Waals surface area (Å²) in [5, 5.41) is 3.56. The van der Waals surface area contributed by atoms with E-state index >= 15 is 0 Å². The highest BCUT2D eigenvalue weighted by Gasteiger charge is 2.19. The standard InChI is InChI=1S/C16H21N3S/c1-19-9-8-17-16(19)7-10-20-15-4-2-3-13(11-15)12-18-14-5-6-14/h2-4,8-9,11,14,18H,5-7,10,12H2,1H3. The number of nitrogens with one attached hydrogen (secondary N) is 1. The van der Waals surface area contributed by atoms with E-state index in [9.17, 15) is 0 Å². The first kappa shape index (κ1) is 13.7. The number of aryl methyl sites for hydroxylation is 2. The molecule has 20 heavy (non-hydrogen) atoms. The van der Waals surface area contributed by atoms with Gasteiger partial charge < -0.3 is 9.88 Å². The maximum atomic E-state index is 4.36. The van der Waals surface area contributed by atoms with Crippen LogP contribution in [0.2, 0.25) is 0 Å². The van der Waals surface area contributed by atoms with E-state index in [4.69, 9.17) is 0 Å². The maximum Gasteiger partial charge on any atom is 0.109 e. The van der Waals surface area contributed by atoms with Crippen LogP contribution in [0.1, 0.15) is 24.2 Å². The molecular weight excluding hydrogens is 266 g/mol. The van der Waals surface area contributed by atoms with Crippen molar-refractivity contribution in [2.45, 2.75) is 36.7 Å². The lowest BCUT2D eigenvalue weighted by molar-refractivity contribution is 0.687. The molecule has 0 unspecified atom stereocenters. The van der Waals surface area contributed by atoms with Crippen molar-refractivity contribution in [1.82, 2.24) is 14.9 Å². The van der Waals surface area contributed by atoms with Crippen molar-refractivity contribution in [3.8, 4) is 0 Å². The van der Waals surface area contributed by atoms with E-state index in [-0.39, 0.29) is 0 Å². The second-order valence-electron chi connectivity index (χ2n) is 5.36. The Morgan fingerprint density at radius 1 is 1.40 bits per heavy atom. The smallest absolute Gasteiger partial charge is 0.109 e. The van der Waals surface area contributed by atoms with Gasteiger partial charge in [0.2, 0.25) is 0 Å². The van der Waals surface area contributed by atoms with Crippen molar-refractivity contribution < 1.29 is 0 Å². The minimum Gasteiger partial charge on any atom is -0.338 e. The van der Waals surface area contributed by atoms with Gasteiger partial charge >= 0.3 is 0 Å². The van der Waals surface area contributed by atoms with Gasteiger partial charge in [-0.3, -0.25) is 0 Å². The summed E-state index contributed by atoms with van der Waals surface area (Å²) in [5.41, 5.74) is 1.39. The zero-order valence-electron chi connectivity index (χ0n) is 11.9. The van der Waals surface area contributed by atoms with E-state index in [0.717, 1.165) is 30.6 Å². The van der Waals surface area contributed by atoms with Crippen LogP contribution < -0.4 is 5.32 Å². The summed E-state index contributed by atoms with van der Waals surface area (Å²) in [7, 11) is 2.05. The lowest BCUT2D eigenvalue weighted by Gasteiger charge is -2.06. The molecule has 0 spiro atoms. The molecule has 2 aromatic rings. The van der Waals surface area contributed by atoms with Gasteiger partial charge in [-0.25, -0.2) is 4.98 Å². The Morgan fingerprint density at radius 3 is 3.05 bits per heavy atom. The molecular formula is C16H21N3S. The average Bonchev–Trinajstić information content (AvgIpc) is 3.20. The van der Waals surface area contributed by atoms with Crippen LogP contribution in [0.3, 0.4) is 0 Å². The van der Waals surface area contributed by atoms with Crippen LogP contribution >= 0.6 is 11.8 Å². The highest BCUT2D eigenvalue weighted by atomic mass is 32.2. The number of hydrogen-bond acceptors (Lipinski definition) is 3. The first-order valence-corrected chi connectivity index (χ1v) is 8.21. The minimum atomic E-state index is 0.773. The van der Waals surface area contributed by atoms with E-state index in [0.29, 0.717) is 0 Å². The summed E-state index contributed by atoms with van der Waals surface area (Å²) < 4.78 is 2.09. The molecule has 3 rings (SSSR count). The molecule has 0 amide bonds. The fourth-order valence-corrected chi connectivity index (χ4v) is 3.12. The lowest BCUT2D eigenvalue weighted by atomic mass is 10.2. The molecule has 0 radical (unpaired) electrons. The molecule has 4 heteroatoms. The van der Waals surface area contributed by atoms with Crippen LogP contribution in [0.25, 0.3) is 0 Å². The van der Waals surface area contributed by atoms with Gasteiger partial charge in [-0.2, -0.15) is 0 Å². The molecule has 106 valence electrons. The molecule has 1 N–H and O–H groups in total. The van der Waals surface area contributed by atoms with E-state index in [1.807, 2.05) is 24.2 Å². The quantitative estimate of drug-likeness (QED) is 0.794. The van der Waals surface area contributed by atoms with Gasteiger partial charge in [0.1, 0.15) is 5.82 Å². The highest BCUT2D eigenvalue weighted by Crippen LogP contribution is 2.22. The molecule has 0 saturated heterocycles. The Bertz CT molecular complexity index is 560. The molecule has 0 aliphatic heterocycles. The normalized spacial score (nSPS) is 14.7. The zero-order chi connectivity index (χ0) is 13.8. The summed E-state index contributed by atoms with van der Waals surface area (Å²) in [5.74, 6) is 2.23. The Morgan fingerprint density at radius 2 is 2.30 bits per heavy atom. The highest BCUT2D eigenvalue weighted by molar-refractivity contribution is 7.99. The predicted molar refractivity (Wildman–Crippen MR) is 83.9 cm³/mol. The van der Waals surface area contributed by atoms with Crippen LogP contribution in [0, 0.1) is 0 Å². The summed E-state index contributed by atoms with van der Waals surface area (Å²) in [6.45, 7) is 0.998. The van der Waals surface area contributed by atoms with Crippen molar-refractivity contribution >= 4 is 11.8 Å². The fourth-order valence-electron chi connectivity index (χ4n) is 2.19. The number of rotatable bonds is 7. The SMILES string of the molecule is Cn1ccnc1CCSc1cccc(CNC2CC2)c1. The Hall–Kier alpha value is -1.26. The van der Waals surface area contributed by atoms with Gasteiger partial charge in [0.15, 0.2) is 0 Å². The van der Waals surface area contributed by atoms with Crippen molar-refractivity contribution in [2.24, 2.45) is 7.05 Å². The van der Waals surface area contributed by atoms with Crippen LogP contribution in [0.15, 0.2) is 41.6 Å². The molecule has 0 bridgehead atoms. The second-order valence-corrected chi connectivity index (χ2v) is 6.52. The van der Waals surface area contributed by atoms with Gasteiger partial charge in [0.25, 0.3) is 0 Å². The number of hydrogen-bond donors (Lipinski definition) is 1. The van der Waals surface area contributed by atoms with Gasteiger partial charge in [-0.05, 0) is 30.5 Å². The van der Waals surface area contributed by atoms with Gasteiger partial charge in [0.05, 0.1) is 0 Å². The fraction of sp³-hybridized carbons (Fsp3) is 0.438. The Labute approximate surface area is 124 Å². The molecule has 3 nitrogen and oxygen atoms in total. The van der Waals surface area contributed by atoms with Crippen molar-refractivity contribution in [3.05, 3.63) is 48.0 Å². The first-order chi connectivity index (χ1) is 9.81. The first-order valence-electron chi connectivity index (χ1n) is 7.22. The number of aromatic nitrogens is 2. The topological polar surface area (TPSA) is 29.9 Å². The molecule has 1 aliphatic rings. The summed E-state index contributed by atoms with van der Waals surface area (Å²) in [6, 6.07) is 9.64. The molecule has 1 aromatic heterocycles. The van der Waals surface area contributed by atoms with Crippen LogP contribution in [-0.2, 0) is 20.0 Å². The maximum absolute atomic E-state index is 4.36. The van der Waals surface area contributed by atoms with Crippen LogP contribution in [-0.4, -0.2) is 21.3 Å². The third-order valence-corrected chi connectivity index (χ3v) is 4.58. The molecule has 0 atom stereocenters. The largest absolute Gasteiger partial charge is 0.338 e. The number of nitrogens with zero attached hydrogens (tertiary/aromatic N) is 2. The average molecular weight is 287 g/mol. The third-order valence-electron chi connectivity index (χ3n) is 3.59. The molecule has 1 aromatic carbocycles. The van der Waals surface area contributed by atoms with E-state index in [1.54, 1.807) is 0 Å². The van der Waals surface area contributed by atoms with Crippen LogP contribution in [0.4, 0.5) is 0 Å². The second kappa shape index (κ2) is 6.46. The summed E-state index contributed by atoms with van der Waals surface area (Å²) >= 11 is 1.91. The molecule has 1 fully saturated rings. The summed E-state index contributed by atoms with van der Waals surface area (Å²) in [4.78, 5) is 5.72. The zero-order valence-corrected chi connectivity index (χ0v) is 12.7. The summed E-state index contributed by atoms with van der Waals surface area (Å²) in [6.07, 6.45) is 7.57. The lowest BCUT2D eigenvalue weighted by Crippen LogP contribution is -2.15. The number of thioether (sulfide) groups is 1.